The van der Waals surface area contributed by atoms with E-state index in [0.717, 1.165) is 37.9 Å². The van der Waals surface area contributed by atoms with Crippen LogP contribution in [0.4, 0.5) is 0 Å². The van der Waals surface area contributed by atoms with Gasteiger partial charge >= 0.3 is 0 Å². The van der Waals surface area contributed by atoms with E-state index >= 15 is 0 Å². The number of carbonyl (C=O) groups excluding carboxylic acids is 1. The summed E-state index contributed by atoms with van der Waals surface area (Å²) in [5.74, 6) is 1.56. The average Bonchev–Trinajstić information content (AvgIpc) is 3.16. The molecule has 1 N–H and O–H groups in total. The molecular weight excluding hydrogens is 364 g/mol. The number of aromatic nitrogens is 2. The molecule has 0 spiro atoms. The number of piperidine rings is 1. The van der Waals surface area contributed by atoms with Gasteiger partial charge in [0.15, 0.2) is 0 Å². The Labute approximate surface area is 174 Å². The predicted molar refractivity (Wildman–Crippen MR) is 114 cm³/mol. The molecule has 0 radical (unpaired) electrons. The Kier molecular flexibility index (Phi) is 6.73. The monoisotopic (exact) mass is 398 g/mol. The third kappa shape index (κ3) is 5.66. The van der Waals surface area contributed by atoms with Gasteiger partial charge in [-0.2, -0.15) is 4.98 Å². The number of nitrogens with one attached hydrogen (secondary N) is 1. The van der Waals surface area contributed by atoms with Crippen LogP contribution in [0.15, 0.2) is 28.8 Å². The fraction of sp³-hybridized carbons (Fsp3) is 0.609. The van der Waals surface area contributed by atoms with Gasteiger partial charge in [0.05, 0.1) is 6.54 Å². The molecule has 0 aliphatic carbocycles. The van der Waals surface area contributed by atoms with Crippen molar-refractivity contribution < 1.29 is 9.32 Å². The third-order valence-corrected chi connectivity index (χ3v) is 5.80. The summed E-state index contributed by atoms with van der Waals surface area (Å²) in [5, 5.41) is 7.25. The van der Waals surface area contributed by atoms with Gasteiger partial charge in [0.1, 0.15) is 0 Å². The molecule has 1 aliphatic heterocycles. The quantitative estimate of drug-likeness (QED) is 0.791. The van der Waals surface area contributed by atoms with Crippen molar-refractivity contribution in [2.45, 2.75) is 71.9 Å². The average molecular weight is 399 g/mol. The Morgan fingerprint density at radius 2 is 1.90 bits per heavy atom. The molecule has 1 amide bonds. The van der Waals surface area contributed by atoms with Crippen LogP contribution in [0.1, 0.15) is 65.3 Å². The fourth-order valence-electron chi connectivity index (χ4n) is 3.56. The van der Waals surface area contributed by atoms with Crippen molar-refractivity contribution in [3.63, 3.8) is 0 Å². The third-order valence-electron chi connectivity index (χ3n) is 5.80. The summed E-state index contributed by atoms with van der Waals surface area (Å²) < 4.78 is 5.48. The van der Waals surface area contributed by atoms with Crippen molar-refractivity contribution in [2.75, 3.05) is 13.1 Å². The first kappa shape index (κ1) is 21.5. The molecule has 6 nitrogen and oxygen atoms in total. The van der Waals surface area contributed by atoms with Gasteiger partial charge in [-0.15, -0.1) is 0 Å². The van der Waals surface area contributed by atoms with E-state index in [1.807, 2.05) is 0 Å². The van der Waals surface area contributed by atoms with Gasteiger partial charge in [-0.1, -0.05) is 57.1 Å². The van der Waals surface area contributed by atoms with Crippen molar-refractivity contribution in [1.82, 2.24) is 20.4 Å². The lowest BCUT2D eigenvalue weighted by atomic mass is 9.87. The maximum atomic E-state index is 12.3. The molecule has 3 rings (SSSR count). The summed E-state index contributed by atoms with van der Waals surface area (Å²) in [6.45, 7) is 13.1. The van der Waals surface area contributed by atoms with E-state index in [9.17, 15) is 4.79 Å². The Morgan fingerprint density at radius 3 is 2.48 bits per heavy atom. The lowest BCUT2D eigenvalue weighted by Crippen LogP contribution is -2.42. The molecular formula is C23H34N4O2. The summed E-state index contributed by atoms with van der Waals surface area (Å²) in [4.78, 5) is 19.2. The number of benzene rings is 1. The fourth-order valence-corrected chi connectivity index (χ4v) is 3.56. The lowest BCUT2D eigenvalue weighted by Gasteiger charge is -2.30. The van der Waals surface area contributed by atoms with E-state index in [-0.39, 0.29) is 23.3 Å². The molecule has 1 aliphatic rings. The first-order valence-corrected chi connectivity index (χ1v) is 10.7. The van der Waals surface area contributed by atoms with E-state index in [0.29, 0.717) is 18.3 Å². The smallest absolute Gasteiger partial charge is 0.241 e. The molecule has 2 aromatic rings. The molecule has 0 saturated carbocycles. The topological polar surface area (TPSA) is 71.3 Å². The maximum absolute atomic E-state index is 12.3. The highest BCUT2D eigenvalue weighted by atomic mass is 16.5. The van der Waals surface area contributed by atoms with Gasteiger partial charge in [-0.3, -0.25) is 9.69 Å². The zero-order valence-electron chi connectivity index (χ0n) is 18.4. The molecule has 1 aromatic heterocycles. The zero-order chi connectivity index (χ0) is 21.0. The summed E-state index contributed by atoms with van der Waals surface area (Å²) in [7, 11) is 0. The van der Waals surface area contributed by atoms with E-state index in [4.69, 9.17) is 4.52 Å². The highest BCUT2D eigenvalue weighted by Crippen LogP contribution is 2.25. The van der Waals surface area contributed by atoms with Crippen molar-refractivity contribution in [3.05, 3.63) is 35.7 Å². The summed E-state index contributed by atoms with van der Waals surface area (Å²) in [6.07, 6.45) is 2.71. The van der Waals surface area contributed by atoms with Crippen LogP contribution in [0.3, 0.4) is 0 Å². The van der Waals surface area contributed by atoms with E-state index in [1.165, 1.54) is 5.56 Å². The Balaban J connectivity index is 1.53. The summed E-state index contributed by atoms with van der Waals surface area (Å²) >= 11 is 0. The molecule has 1 fully saturated rings. The van der Waals surface area contributed by atoms with Crippen LogP contribution in [0.2, 0.25) is 0 Å². The van der Waals surface area contributed by atoms with Crippen LogP contribution in [-0.2, 0) is 16.8 Å². The number of nitrogens with zero attached hydrogens (tertiary/aromatic N) is 3. The molecule has 0 bridgehead atoms. The Morgan fingerprint density at radius 1 is 1.24 bits per heavy atom. The second-order valence-corrected chi connectivity index (χ2v) is 9.21. The van der Waals surface area contributed by atoms with Crippen molar-refractivity contribution in [3.8, 4) is 11.4 Å². The first-order valence-electron chi connectivity index (χ1n) is 10.7. The molecule has 6 heteroatoms. The van der Waals surface area contributed by atoms with Crippen molar-refractivity contribution >= 4 is 5.91 Å². The van der Waals surface area contributed by atoms with Gasteiger partial charge in [-0.25, -0.2) is 0 Å². The molecule has 1 atom stereocenters. The number of carbonyl (C=O) groups is 1. The van der Waals surface area contributed by atoms with Gasteiger partial charge in [-0.05, 0) is 50.3 Å². The normalized spacial score (nSPS) is 17.3. The van der Waals surface area contributed by atoms with Gasteiger partial charge in [0.25, 0.3) is 0 Å². The van der Waals surface area contributed by atoms with Crippen LogP contribution >= 0.6 is 0 Å². The zero-order valence-corrected chi connectivity index (χ0v) is 18.4. The molecule has 1 unspecified atom stereocenters. The van der Waals surface area contributed by atoms with Crippen LogP contribution in [0, 0.1) is 5.92 Å². The molecule has 2 heterocycles. The van der Waals surface area contributed by atoms with Crippen LogP contribution in [0.25, 0.3) is 11.4 Å². The predicted octanol–water partition coefficient (Wildman–Crippen LogP) is 4.16. The largest absolute Gasteiger partial charge is 0.353 e. The van der Waals surface area contributed by atoms with Crippen molar-refractivity contribution in [1.29, 1.82) is 0 Å². The van der Waals surface area contributed by atoms with Gasteiger partial charge < -0.3 is 9.84 Å². The van der Waals surface area contributed by atoms with E-state index in [1.54, 1.807) is 0 Å². The minimum absolute atomic E-state index is 0.111. The Hall–Kier alpha value is -2.21. The summed E-state index contributed by atoms with van der Waals surface area (Å²) in [6, 6.07) is 8.60. The van der Waals surface area contributed by atoms with E-state index in [2.05, 4.69) is 79.2 Å². The van der Waals surface area contributed by atoms with E-state index < -0.39 is 0 Å². The number of hydrogen-bond donors (Lipinski definition) is 1. The number of rotatable bonds is 6. The number of hydrogen-bond acceptors (Lipinski definition) is 5. The van der Waals surface area contributed by atoms with Crippen LogP contribution in [0.5, 0.6) is 0 Å². The highest BCUT2D eigenvalue weighted by molar-refractivity contribution is 5.79. The molecule has 158 valence electrons. The molecule has 29 heavy (non-hydrogen) atoms. The van der Waals surface area contributed by atoms with Crippen LogP contribution < -0.4 is 5.32 Å². The van der Waals surface area contributed by atoms with Crippen LogP contribution in [-0.4, -0.2) is 40.1 Å². The molecule has 1 aromatic carbocycles. The second-order valence-electron chi connectivity index (χ2n) is 9.21. The first-order chi connectivity index (χ1) is 13.8. The minimum Gasteiger partial charge on any atom is -0.353 e. The second kappa shape index (κ2) is 9.08. The highest BCUT2D eigenvalue weighted by Gasteiger charge is 2.26. The number of likely N-dealkylation sites (tertiary alicyclic amines) is 1. The molecule has 1 saturated heterocycles. The minimum atomic E-state index is 0.111. The Bertz CT molecular complexity index is 799. The number of amides is 1. The SMILES string of the molecule is CCC(C)NC(=O)C1CCN(Cc2nc(-c3ccc(C(C)(C)C)cc3)no2)CC1. The van der Waals surface area contributed by atoms with Gasteiger partial charge in [0, 0.05) is 17.5 Å². The standard InChI is InChI=1S/C23H34N4O2/c1-6-16(2)24-22(28)18-11-13-27(14-12-18)15-20-25-21(26-29-20)17-7-9-19(10-8-17)23(3,4)5/h7-10,16,18H,6,11-15H2,1-5H3,(H,24,28). The van der Waals surface area contributed by atoms with Gasteiger partial charge in [0.2, 0.25) is 17.6 Å². The lowest BCUT2D eigenvalue weighted by molar-refractivity contribution is -0.127. The van der Waals surface area contributed by atoms with Crippen molar-refractivity contribution in [2.24, 2.45) is 5.92 Å². The summed E-state index contributed by atoms with van der Waals surface area (Å²) in [5.41, 5.74) is 2.37. The maximum Gasteiger partial charge on any atom is 0.241 e.